The average molecular weight is 484 g/mol. The number of pyridine rings is 1. The number of nitrogens with zero attached hydrogens (tertiary/aromatic N) is 7. The maximum absolute atomic E-state index is 13.0. The van der Waals surface area contributed by atoms with Crippen molar-refractivity contribution < 1.29 is 9.53 Å². The Kier molecular flexibility index (Phi) is 6.21. The number of rotatable bonds is 5. The van der Waals surface area contributed by atoms with Gasteiger partial charge in [0.25, 0.3) is 0 Å². The minimum Gasteiger partial charge on any atom is -0.378 e. The van der Waals surface area contributed by atoms with Gasteiger partial charge in [-0.2, -0.15) is 0 Å². The third kappa shape index (κ3) is 4.49. The number of fused-ring (bicyclic) bond motifs is 1. The maximum Gasteiger partial charge on any atom is 0.242 e. The van der Waals surface area contributed by atoms with Crippen molar-refractivity contribution in [3.05, 3.63) is 67.3 Å². The lowest BCUT2D eigenvalue weighted by Gasteiger charge is -2.37. The van der Waals surface area contributed by atoms with Gasteiger partial charge in [-0.05, 0) is 24.3 Å². The van der Waals surface area contributed by atoms with Crippen molar-refractivity contribution in [2.45, 2.75) is 6.54 Å². The summed E-state index contributed by atoms with van der Waals surface area (Å²) in [4.78, 5) is 33.2. The number of aromatic nitrogens is 4. The number of benzene rings is 1. The van der Waals surface area contributed by atoms with Crippen LogP contribution >= 0.6 is 0 Å². The van der Waals surface area contributed by atoms with Crippen LogP contribution in [0.4, 0.5) is 11.6 Å². The van der Waals surface area contributed by atoms with Crippen LogP contribution in [0.1, 0.15) is 0 Å². The number of carbonyl (C=O) groups is 1. The van der Waals surface area contributed by atoms with Crippen molar-refractivity contribution in [2.75, 3.05) is 62.3 Å². The maximum atomic E-state index is 13.0. The minimum atomic E-state index is 0.123. The molecule has 2 fully saturated rings. The van der Waals surface area contributed by atoms with E-state index < -0.39 is 0 Å². The molecule has 0 unspecified atom stereocenters. The van der Waals surface area contributed by atoms with Gasteiger partial charge in [0.15, 0.2) is 0 Å². The van der Waals surface area contributed by atoms with Crippen molar-refractivity contribution >= 4 is 28.6 Å². The molecule has 0 atom stereocenters. The number of para-hydroxylation sites is 1. The molecule has 1 aromatic carbocycles. The van der Waals surface area contributed by atoms with Crippen LogP contribution in [0.5, 0.6) is 0 Å². The summed E-state index contributed by atoms with van der Waals surface area (Å²) in [6.45, 7) is 6.29. The first kappa shape index (κ1) is 22.5. The second-order valence-corrected chi connectivity index (χ2v) is 9.12. The SMILES string of the molecule is O=C(Cn1ccc2cccnc21)N1CCN(c2ccccc2-c2cnc(N3CCOCC3)nc2)CC1. The van der Waals surface area contributed by atoms with Gasteiger partial charge in [0.05, 0.1) is 13.2 Å². The number of carbonyl (C=O) groups excluding carboxylic acids is 1. The Bertz CT molecular complexity index is 1340. The number of anilines is 2. The normalized spacial score (nSPS) is 16.5. The van der Waals surface area contributed by atoms with Gasteiger partial charge in [-0.3, -0.25) is 4.79 Å². The summed E-state index contributed by atoms with van der Waals surface area (Å²) in [6.07, 6.45) is 7.52. The highest BCUT2D eigenvalue weighted by atomic mass is 16.5. The van der Waals surface area contributed by atoms with E-state index in [-0.39, 0.29) is 5.91 Å². The average Bonchev–Trinajstić information content (AvgIpc) is 3.36. The van der Waals surface area contributed by atoms with E-state index in [0.717, 1.165) is 60.0 Å². The Morgan fingerprint density at radius 1 is 0.833 bits per heavy atom. The molecule has 2 aliphatic heterocycles. The van der Waals surface area contributed by atoms with Crippen molar-refractivity contribution in [3.63, 3.8) is 0 Å². The van der Waals surface area contributed by atoms with Crippen LogP contribution in [0.15, 0.2) is 67.3 Å². The van der Waals surface area contributed by atoms with Gasteiger partial charge in [-0.15, -0.1) is 0 Å². The molecule has 3 aromatic heterocycles. The Balaban J connectivity index is 1.12. The van der Waals surface area contributed by atoms with Crippen LogP contribution in [0.2, 0.25) is 0 Å². The Hall–Kier alpha value is -3.98. The lowest BCUT2D eigenvalue weighted by Crippen LogP contribution is -2.49. The van der Waals surface area contributed by atoms with Crippen LogP contribution in [0.25, 0.3) is 22.2 Å². The molecule has 0 saturated carbocycles. The summed E-state index contributed by atoms with van der Waals surface area (Å²) in [6, 6.07) is 14.3. The van der Waals surface area contributed by atoms with E-state index in [1.54, 1.807) is 6.20 Å². The molecule has 2 saturated heterocycles. The molecule has 36 heavy (non-hydrogen) atoms. The molecule has 0 N–H and O–H groups in total. The molecular formula is C27H29N7O2. The molecule has 4 aromatic rings. The first-order valence-electron chi connectivity index (χ1n) is 12.4. The molecular weight excluding hydrogens is 454 g/mol. The topological polar surface area (TPSA) is 79.6 Å². The fourth-order valence-corrected chi connectivity index (χ4v) is 4.97. The summed E-state index contributed by atoms with van der Waals surface area (Å²) < 4.78 is 7.36. The van der Waals surface area contributed by atoms with Gasteiger partial charge in [0.1, 0.15) is 12.2 Å². The first-order chi connectivity index (χ1) is 17.8. The standard InChI is InChI=1S/C27H29N7O2/c35-25(20-34-9-7-21-4-3-8-28-26(21)34)32-12-10-31(11-13-32)24-6-2-1-5-23(24)22-18-29-27(30-19-22)33-14-16-36-17-15-33/h1-9,18-19H,10-17,20H2. The monoisotopic (exact) mass is 483 g/mol. The number of hydrogen-bond acceptors (Lipinski definition) is 7. The zero-order valence-corrected chi connectivity index (χ0v) is 20.2. The van der Waals surface area contributed by atoms with Gasteiger partial charge < -0.3 is 24.0 Å². The minimum absolute atomic E-state index is 0.123. The predicted octanol–water partition coefficient (Wildman–Crippen LogP) is 2.68. The zero-order valence-electron chi connectivity index (χ0n) is 20.2. The fourth-order valence-electron chi connectivity index (χ4n) is 4.97. The predicted molar refractivity (Wildman–Crippen MR) is 139 cm³/mol. The van der Waals surface area contributed by atoms with E-state index in [1.807, 2.05) is 52.3 Å². The molecule has 0 aliphatic carbocycles. The van der Waals surface area contributed by atoms with Gasteiger partial charge in [-0.1, -0.05) is 18.2 Å². The lowest BCUT2D eigenvalue weighted by atomic mass is 10.1. The Labute approximate surface area is 209 Å². The molecule has 6 rings (SSSR count). The van der Waals surface area contributed by atoms with Crippen molar-refractivity contribution in [2.24, 2.45) is 0 Å². The number of ether oxygens (including phenoxy) is 1. The highest BCUT2D eigenvalue weighted by Crippen LogP contribution is 2.31. The van der Waals surface area contributed by atoms with Crippen LogP contribution < -0.4 is 9.80 Å². The first-order valence-corrected chi connectivity index (χ1v) is 12.4. The molecule has 1 amide bonds. The quantitative estimate of drug-likeness (QED) is 0.432. The zero-order chi connectivity index (χ0) is 24.3. The summed E-state index contributed by atoms with van der Waals surface area (Å²) in [7, 11) is 0. The van der Waals surface area contributed by atoms with E-state index in [9.17, 15) is 4.79 Å². The largest absolute Gasteiger partial charge is 0.378 e. The molecule has 5 heterocycles. The van der Waals surface area contributed by atoms with Crippen LogP contribution in [0, 0.1) is 0 Å². The van der Waals surface area contributed by atoms with Crippen LogP contribution in [-0.2, 0) is 16.1 Å². The third-order valence-corrected chi connectivity index (χ3v) is 6.95. The lowest BCUT2D eigenvalue weighted by molar-refractivity contribution is -0.132. The highest BCUT2D eigenvalue weighted by molar-refractivity contribution is 5.82. The molecule has 184 valence electrons. The number of piperazine rings is 1. The molecule has 0 bridgehead atoms. The third-order valence-electron chi connectivity index (χ3n) is 6.95. The summed E-state index contributed by atoms with van der Waals surface area (Å²) in [5.41, 5.74) is 4.09. The van der Waals surface area contributed by atoms with Gasteiger partial charge >= 0.3 is 0 Å². The van der Waals surface area contributed by atoms with Crippen molar-refractivity contribution in [3.8, 4) is 11.1 Å². The fraction of sp³-hybridized carbons (Fsp3) is 0.333. The van der Waals surface area contributed by atoms with Crippen LogP contribution in [-0.4, -0.2) is 82.8 Å². The molecule has 0 radical (unpaired) electrons. The van der Waals surface area contributed by atoms with Crippen molar-refractivity contribution in [1.82, 2.24) is 24.4 Å². The second kappa shape index (κ2) is 9.94. The highest BCUT2D eigenvalue weighted by Gasteiger charge is 2.24. The van der Waals surface area contributed by atoms with Gasteiger partial charge in [0, 0.05) is 86.3 Å². The van der Waals surface area contributed by atoms with Crippen molar-refractivity contribution in [1.29, 1.82) is 0 Å². The molecule has 9 heteroatoms. The van der Waals surface area contributed by atoms with Crippen LogP contribution in [0.3, 0.4) is 0 Å². The van der Waals surface area contributed by atoms with E-state index in [4.69, 9.17) is 4.74 Å². The van der Waals surface area contributed by atoms with E-state index in [0.29, 0.717) is 32.8 Å². The Morgan fingerprint density at radius 2 is 1.61 bits per heavy atom. The summed E-state index contributed by atoms with van der Waals surface area (Å²) in [5.74, 6) is 0.871. The number of amides is 1. The Morgan fingerprint density at radius 3 is 2.42 bits per heavy atom. The van der Waals surface area contributed by atoms with E-state index in [1.165, 1.54) is 0 Å². The molecule has 2 aliphatic rings. The van der Waals surface area contributed by atoms with E-state index in [2.05, 4.69) is 43.0 Å². The van der Waals surface area contributed by atoms with Gasteiger partial charge in [-0.25, -0.2) is 15.0 Å². The summed E-state index contributed by atoms with van der Waals surface area (Å²) >= 11 is 0. The molecule has 9 nitrogen and oxygen atoms in total. The smallest absolute Gasteiger partial charge is 0.242 e. The van der Waals surface area contributed by atoms with Gasteiger partial charge in [0.2, 0.25) is 11.9 Å². The number of morpholine rings is 1. The van der Waals surface area contributed by atoms with E-state index >= 15 is 0 Å². The number of hydrogen-bond donors (Lipinski definition) is 0. The summed E-state index contributed by atoms with van der Waals surface area (Å²) in [5, 5.41) is 1.05. The molecule has 0 spiro atoms. The second-order valence-electron chi connectivity index (χ2n) is 9.12.